The van der Waals surface area contributed by atoms with Gasteiger partial charge in [0.2, 0.25) is 0 Å². The first-order valence-corrected chi connectivity index (χ1v) is 11.0. The molecule has 2 amide bonds. The second kappa shape index (κ2) is 9.67. The Morgan fingerprint density at radius 2 is 1.59 bits per heavy atom. The van der Waals surface area contributed by atoms with Crippen molar-refractivity contribution in [2.45, 2.75) is 29.1 Å². The molecule has 1 aliphatic rings. The maximum Gasteiger partial charge on any atom is 0.309 e. The van der Waals surface area contributed by atoms with E-state index in [0.29, 0.717) is 12.2 Å². The molecule has 1 aliphatic heterocycles. The Hall–Kier alpha value is -2.71. The summed E-state index contributed by atoms with van der Waals surface area (Å²) >= 11 is 0. The van der Waals surface area contributed by atoms with Crippen molar-refractivity contribution < 1.29 is 22.7 Å². The molecule has 1 saturated heterocycles. The van der Waals surface area contributed by atoms with E-state index < -0.39 is 26.9 Å². The second-order valence-electron chi connectivity index (χ2n) is 6.81. The molecule has 0 unspecified atom stereocenters. The van der Waals surface area contributed by atoms with Gasteiger partial charge in [0.25, 0.3) is 0 Å². The van der Waals surface area contributed by atoms with Gasteiger partial charge in [-0.15, -0.1) is 0 Å². The minimum absolute atomic E-state index is 0.0812. The smallest absolute Gasteiger partial charge is 0.309 e. The van der Waals surface area contributed by atoms with Gasteiger partial charge in [-0.25, -0.2) is 8.42 Å². The quantitative estimate of drug-likeness (QED) is 0.668. The lowest BCUT2D eigenvalue weighted by atomic mass is 10.1. The van der Waals surface area contributed by atoms with Crippen LogP contribution in [0, 0.1) is 0 Å². The number of carbonyl (C=O) groups excluding carboxylic acids is 2. The van der Waals surface area contributed by atoms with Gasteiger partial charge in [-0.2, -0.15) is 0 Å². The van der Waals surface area contributed by atoms with Crippen molar-refractivity contribution in [2.24, 2.45) is 0 Å². The molecule has 3 rings (SSSR count). The Balaban J connectivity index is 1.69. The summed E-state index contributed by atoms with van der Waals surface area (Å²) < 4.78 is 31.7. The summed E-state index contributed by atoms with van der Waals surface area (Å²) in [5.74, 6) is -1.67. The predicted molar refractivity (Wildman–Crippen MR) is 108 cm³/mol. The molecular weight excluding hydrogens is 392 g/mol. The fourth-order valence-electron chi connectivity index (χ4n) is 3.21. The van der Waals surface area contributed by atoms with Gasteiger partial charge in [0.1, 0.15) is 5.25 Å². The summed E-state index contributed by atoms with van der Waals surface area (Å²) in [5, 5.41) is 3.98. The van der Waals surface area contributed by atoms with E-state index in [0.717, 1.165) is 12.8 Å². The van der Waals surface area contributed by atoms with Gasteiger partial charge in [0.15, 0.2) is 9.84 Å². The standard InChI is InChI=1S/C21H24N2O5S/c24-20(22-14-17-10-7-13-28-17)21(25)23-15-19(16-8-3-1-4-9-16)29(26,27)18-11-5-2-6-12-18/h1-6,8-9,11-12,17,19H,7,10,13-15H2,(H,22,24)(H,23,25)/t17-,19+/m0/s1. The van der Waals surface area contributed by atoms with Crippen molar-refractivity contribution in [3.63, 3.8) is 0 Å². The molecule has 2 aromatic rings. The SMILES string of the molecule is O=C(NC[C@@H]1CCCO1)C(=O)NC[C@H](c1ccccc1)S(=O)(=O)c1ccccc1. The molecule has 0 saturated carbocycles. The summed E-state index contributed by atoms with van der Waals surface area (Å²) in [6, 6.07) is 16.7. The molecular formula is C21H24N2O5S. The zero-order chi connectivity index (χ0) is 20.7. The van der Waals surface area contributed by atoms with E-state index >= 15 is 0 Å². The molecule has 8 heteroatoms. The van der Waals surface area contributed by atoms with Crippen LogP contribution in [-0.2, 0) is 24.2 Å². The fraction of sp³-hybridized carbons (Fsp3) is 0.333. The topological polar surface area (TPSA) is 102 Å². The van der Waals surface area contributed by atoms with Crippen LogP contribution in [0.25, 0.3) is 0 Å². The van der Waals surface area contributed by atoms with Crippen molar-refractivity contribution in [2.75, 3.05) is 19.7 Å². The van der Waals surface area contributed by atoms with Crippen LogP contribution < -0.4 is 10.6 Å². The number of amides is 2. The third-order valence-electron chi connectivity index (χ3n) is 4.79. The molecule has 0 spiro atoms. The number of carbonyl (C=O) groups is 2. The molecule has 7 nitrogen and oxygen atoms in total. The summed E-state index contributed by atoms with van der Waals surface area (Å²) in [6.45, 7) is 0.701. The molecule has 1 heterocycles. The van der Waals surface area contributed by atoms with E-state index in [2.05, 4.69) is 10.6 Å². The molecule has 0 aromatic heterocycles. The van der Waals surface area contributed by atoms with Crippen molar-refractivity contribution in [1.82, 2.24) is 10.6 Å². The number of ether oxygens (including phenoxy) is 1. The van der Waals surface area contributed by atoms with Crippen molar-refractivity contribution in [3.8, 4) is 0 Å². The number of hydrogen-bond donors (Lipinski definition) is 2. The van der Waals surface area contributed by atoms with Gasteiger partial charge in [0.05, 0.1) is 11.0 Å². The Morgan fingerprint density at radius 3 is 2.21 bits per heavy atom. The van der Waals surface area contributed by atoms with E-state index in [1.54, 1.807) is 48.5 Å². The van der Waals surface area contributed by atoms with Crippen molar-refractivity contribution in [3.05, 3.63) is 66.2 Å². The molecule has 2 N–H and O–H groups in total. The average molecular weight is 416 g/mol. The third-order valence-corrected chi connectivity index (χ3v) is 6.90. The van der Waals surface area contributed by atoms with Gasteiger partial charge in [-0.05, 0) is 30.5 Å². The van der Waals surface area contributed by atoms with Gasteiger partial charge in [-0.1, -0.05) is 48.5 Å². The number of benzene rings is 2. The van der Waals surface area contributed by atoms with Gasteiger partial charge >= 0.3 is 11.8 Å². The van der Waals surface area contributed by atoms with Crippen LogP contribution in [0.4, 0.5) is 0 Å². The zero-order valence-electron chi connectivity index (χ0n) is 15.9. The Labute approximate surface area is 170 Å². The number of hydrogen-bond acceptors (Lipinski definition) is 5. The highest BCUT2D eigenvalue weighted by atomic mass is 32.2. The first-order chi connectivity index (χ1) is 14.0. The van der Waals surface area contributed by atoms with Gasteiger partial charge in [0, 0.05) is 19.7 Å². The third kappa shape index (κ3) is 5.42. The van der Waals surface area contributed by atoms with Crippen molar-refractivity contribution >= 4 is 21.7 Å². The molecule has 29 heavy (non-hydrogen) atoms. The molecule has 2 aromatic carbocycles. The highest BCUT2D eigenvalue weighted by Gasteiger charge is 2.30. The lowest BCUT2D eigenvalue weighted by Gasteiger charge is -2.19. The van der Waals surface area contributed by atoms with E-state index in [-0.39, 0.29) is 24.1 Å². The normalized spacial score (nSPS) is 17.4. The van der Waals surface area contributed by atoms with Crippen LogP contribution >= 0.6 is 0 Å². The van der Waals surface area contributed by atoms with Gasteiger partial charge in [-0.3, -0.25) is 9.59 Å². The molecule has 154 valence electrons. The second-order valence-corrected chi connectivity index (χ2v) is 8.94. The Kier molecular flexibility index (Phi) is 7.00. The van der Waals surface area contributed by atoms with Crippen molar-refractivity contribution in [1.29, 1.82) is 0 Å². The minimum atomic E-state index is -3.77. The van der Waals surface area contributed by atoms with E-state index in [1.807, 2.05) is 0 Å². The number of rotatable bonds is 7. The summed E-state index contributed by atoms with van der Waals surface area (Å²) in [6.07, 6.45) is 1.69. The van der Waals surface area contributed by atoms with E-state index in [1.165, 1.54) is 12.1 Å². The van der Waals surface area contributed by atoms with Crippen LogP contribution in [-0.4, -0.2) is 46.0 Å². The summed E-state index contributed by atoms with van der Waals surface area (Å²) in [7, 11) is -3.77. The fourth-order valence-corrected chi connectivity index (χ4v) is 4.89. The van der Waals surface area contributed by atoms with Crippen LogP contribution in [0.15, 0.2) is 65.6 Å². The lowest BCUT2D eigenvalue weighted by Crippen LogP contribution is -2.44. The van der Waals surface area contributed by atoms with E-state index in [4.69, 9.17) is 4.74 Å². The molecule has 2 atom stereocenters. The maximum atomic E-state index is 13.1. The first kappa shape index (κ1) is 21.0. The van der Waals surface area contributed by atoms with Crippen LogP contribution in [0.1, 0.15) is 23.7 Å². The molecule has 0 bridgehead atoms. The van der Waals surface area contributed by atoms with E-state index in [9.17, 15) is 18.0 Å². The Morgan fingerprint density at radius 1 is 0.966 bits per heavy atom. The average Bonchev–Trinajstić information content (AvgIpc) is 3.27. The molecule has 1 fully saturated rings. The highest BCUT2D eigenvalue weighted by Crippen LogP contribution is 2.28. The Bertz CT molecular complexity index is 926. The predicted octanol–water partition coefficient (Wildman–Crippen LogP) is 1.61. The summed E-state index contributed by atoms with van der Waals surface area (Å²) in [4.78, 5) is 24.4. The largest absolute Gasteiger partial charge is 0.376 e. The molecule has 0 aliphatic carbocycles. The zero-order valence-corrected chi connectivity index (χ0v) is 16.7. The van der Waals surface area contributed by atoms with Crippen LogP contribution in [0.3, 0.4) is 0 Å². The number of sulfone groups is 1. The highest BCUT2D eigenvalue weighted by molar-refractivity contribution is 7.91. The monoisotopic (exact) mass is 416 g/mol. The molecule has 0 radical (unpaired) electrons. The minimum Gasteiger partial charge on any atom is -0.376 e. The number of nitrogens with one attached hydrogen (secondary N) is 2. The lowest BCUT2D eigenvalue weighted by molar-refractivity contribution is -0.139. The van der Waals surface area contributed by atoms with Gasteiger partial charge < -0.3 is 15.4 Å². The van der Waals surface area contributed by atoms with Crippen LogP contribution in [0.2, 0.25) is 0 Å². The first-order valence-electron chi connectivity index (χ1n) is 9.50. The van der Waals surface area contributed by atoms with Crippen LogP contribution in [0.5, 0.6) is 0 Å². The summed E-state index contributed by atoms with van der Waals surface area (Å²) in [5.41, 5.74) is 0.538. The maximum absolute atomic E-state index is 13.1.